The zero-order chi connectivity index (χ0) is 13.5. The van der Waals surface area contributed by atoms with Crippen molar-refractivity contribution in [2.75, 3.05) is 33.2 Å². The summed E-state index contributed by atoms with van der Waals surface area (Å²) in [6.45, 7) is 7.50. The number of aromatic nitrogens is 2. The highest BCUT2D eigenvalue weighted by atomic mass is 15.1. The summed E-state index contributed by atoms with van der Waals surface area (Å²) in [7, 11) is 2.17. The maximum atomic E-state index is 4.42. The first-order valence-electron chi connectivity index (χ1n) is 7.10. The minimum absolute atomic E-state index is 0.991. The molecule has 0 aliphatic carbocycles. The number of hydrogen-bond acceptors (Lipinski definition) is 3. The van der Waals surface area contributed by atoms with E-state index in [1.807, 2.05) is 12.4 Å². The number of benzene rings is 1. The van der Waals surface area contributed by atoms with Gasteiger partial charge in [-0.15, -0.1) is 0 Å². The molecule has 0 radical (unpaired) electrons. The van der Waals surface area contributed by atoms with Gasteiger partial charge in [0.1, 0.15) is 0 Å². The van der Waals surface area contributed by atoms with E-state index in [1.165, 1.54) is 11.9 Å². The molecular weight excluding hydrogens is 236 g/mol. The predicted molar refractivity (Wildman–Crippen MR) is 80.4 cm³/mol. The van der Waals surface area contributed by atoms with E-state index in [1.54, 1.807) is 0 Å². The normalized spacial score (nSPS) is 11.5. The molecule has 1 aromatic carbocycles. The lowest BCUT2D eigenvalue weighted by Crippen LogP contribution is -2.31. The Labute approximate surface area is 115 Å². The number of para-hydroxylation sites is 2. The van der Waals surface area contributed by atoms with Crippen molar-refractivity contribution in [3.05, 3.63) is 30.6 Å². The maximum Gasteiger partial charge on any atom is 0.0958 e. The van der Waals surface area contributed by atoms with Crippen LogP contribution >= 0.6 is 0 Å². The Balaban J connectivity index is 1.78. The van der Waals surface area contributed by atoms with Gasteiger partial charge in [-0.25, -0.2) is 4.98 Å². The summed E-state index contributed by atoms with van der Waals surface area (Å²) in [5.41, 5.74) is 2.30. The molecule has 0 aliphatic heterocycles. The fraction of sp³-hybridized carbons (Fsp3) is 0.533. The SMILES string of the molecule is CCCNCCN(C)CCn1cnc2ccccc21. The molecule has 2 aromatic rings. The highest BCUT2D eigenvalue weighted by molar-refractivity contribution is 5.74. The van der Waals surface area contributed by atoms with Crippen LogP contribution in [0.5, 0.6) is 0 Å². The molecule has 1 N–H and O–H groups in total. The highest BCUT2D eigenvalue weighted by Gasteiger charge is 2.03. The molecule has 4 nitrogen and oxygen atoms in total. The first kappa shape index (κ1) is 14.0. The van der Waals surface area contributed by atoms with Crippen molar-refractivity contribution in [1.82, 2.24) is 19.8 Å². The lowest BCUT2D eigenvalue weighted by atomic mass is 10.3. The molecule has 0 saturated heterocycles. The van der Waals surface area contributed by atoms with Gasteiger partial charge < -0.3 is 14.8 Å². The predicted octanol–water partition coefficient (Wildman–Crippen LogP) is 1.97. The van der Waals surface area contributed by atoms with Crippen LogP contribution in [0.25, 0.3) is 11.0 Å². The van der Waals surface area contributed by atoms with Crippen molar-refractivity contribution < 1.29 is 0 Å². The Kier molecular flexibility index (Phi) is 5.36. The van der Waals surface area contributed by atoms with E-state index in [0.717, 1.165) is 38.2 Å². The van der Waals surface area contributed by atoms with Gasteiger partial charge in [-0.05, 0) is 32.1 Å². The van der Waals surface area contributed by atoms with Crippen molar-refractivity contribution in [3.8, 4) is 0 Å². The van der Waals surface area contributed by atoms with Gasteiger partial charge in [-0.2, -0.15) is 0 Å². The van der Waals surface area contributed by atoms with Gasteiger partial charge in [0.05, 0.1) is 17.4 Å². The van der Waals surface area contributed by atoms with E-state index >= 15 is 0 Å². The lowest BCUT2D eigenvalue weighted by Gasteiger charge is -2.17. The van der Waals surface area contributed by atoms with Crippen LogP contribution in [-0.2, 0) is 6.54 Å². The smallest absolute Gasteiger partial charge is 0.0958 e. The van der Waals surface area contributed by atoms with Gasteiger partial charge in [0.15, 0.2) is 0 Å². The Hall–Kier alpha value is -1.39. The summed E-state index contributed by atoms with van der Waals surface area (Å²) in [4.78, 5) is 6.77. The van der Waals surface area contributed by atoms with Crippen molar-refractivity contribution in [2.45, 2.75) is 19.9 Å². The average Bonchev–Trinajstić information content (AvgIpc) is 2.85. The third-order valence-electron chi connectivity index (χ3n) is 3.35. The van der Waals surface area contributed by atoms with Crippen LogP contribution in [0.1, 0.15) is 13.3 Å². The molecule has 104 valence electrons. The molecule has 0 bridgehead atoms. The molecule has 1 aromatic heterocycles. The monoisotopic (exact) mass is 260 g/mol. The van der Waals surface area contributed by atoms with E-state index in [2.05, 4.69) is 51.9 Å². The molecular formula is C15H24N4. The molecule has 1 heterocycles. The zero-order valence-electron chi connectivity index (χ0n) is 12.0. The lowest BCUT2D eigenvalue weighted by molar-refractivity contribution is 0.318. The number of rotatable bonds is 8. The van der Waals surface area contributed by atoms with Crippen LogP contribution in [0.3, 0.4) is 0 Å². The van der Waals surface area contributed by atoms with Crippen LogP contribution in [0.4, 0.5) is 0 Å². The van der Waals surface area contributed by atoms with Gasteiger partial charge in [0.2, 0.25) is 0 Å². The third kappa shape index (κ3) is 4.04. The molecule has 0 saturated carbocycles. The Morgan fingerprint density at radius 1 is 1.21 bits per heavy atom. The van der Waals surface area contributed by atoms with E-state index in [0.29, 0.717) is 0 Å². The molecule has 0 aliphatic rings. The molecule has 0 spiro atoms. The maximum absolute atomic E-state index is 4.42. The van der Waals surface area contributed by atoms with E-state index in [4.69, 9.17) is 0 Å². The minimum Gasteiger partial charge on any atom is -0.329 e. The summed E-state index contributed by atoms with van der Waals surface area (Å²) in [6.07, 6.45) is 3.14. The molecule has 0 unspecified atom stereocenters. The second-order valence-electron chi connectivity index (χ2n) is 4.98. The first-order valence-corrected chi connectivity index (χ1v) is 7.10. The van der Waals surface area contributed by atoms with Gasteiger partial charge in [0, 0.05) is 26.2 Å². The fourth-order valence-corrected chi connectivity index (χ4v) is 2.15. The largest absolute Gasteiger partial charge is 0.329 e. The van der Waals surface area contributed by atoms with E-state index in [9.17, 15) is 0 Å². The summed E-state index contributed by atoms with van der Waals surface area (Å²) >= 11 is 0. The number of fused-ring (bicyclic) bond motifs is 1. The second-order valence-corrected chi connectivity index (χ2v) is 4.98. The van der Waals surface area contributed by atoms with Crippen molar-refractivity contribution >= 4 is 11.0 Å². The highest BCUT2D eigenvalue weighted by Crippen LogP contribution is 2.11. The van der Waals surface area contributed by atoms with Gasteiger partial charge >= 0.3 is 0 Å². The standard InChI is InChI=1S/C15H24N4/c1-3-8-16-9-10-18(2)11-12-19-13-17-14-6-4-5-7-15(14)19/h4-7,13,16H,3,8-12H2,1-2H3. The Morgan fingerprint density at radius 3 is 2.89 bits per heavy atom. The zero-order valence-corrected chi connectivity index (χ0v) is 12.0. The van der Waals surface area contributed by atoms with Crippen molar-refractivity contribution in [3.63, 3.8) is 0 Å². The van der Waals surface area contributed by atoms with Crippen LogP contribution in [0.2, 0.25) is 0 Å². The third-order valence-corrected chi connectivity index (χ3v) is 3.35. The van der Waals surface area contributed by atoms with Crippen LogP contribution < -0.4 is 5.32 Å². The average molecular weight is 260 g/mol. The number of hydrogen-bond donors (Lipinski definition) is 1. The Morgan fingerprint density at radius 2 is 2.05 bits per heavy atom. The number of nitrogens with one attached hydrogen (secondary N) is 1. The van der Waals surface area contributed by atoms with E-state index in [-0.39, 0.29) is 0 Å². The number of likely N-dealkylation sites (N-methyl/N-ethyl adjacent to an activating group) is 1. The number of imidazole rings is 1. The van der Waals surface area contributed by atoms with Crippen LogP contribution in [-0.4, -0.2) is 47.7 Å². The molecule has 0 fully saturated rings. The molecule has 0 amide bonds. The quantitative estimate of drug-likeness (QED) is 0.737. The van der Waals surface area contributed by atoms with Crippen molar-refractivity contribution in [1.29, 1.82) is 0 Å². The fourth-order valence-electron chi connectivity index (χ4n) is 2.15. The Bertz CT molecular complexity index is 492. The molecule has 19 heavy (non-hydrogen) atoms. The van der Waals surface area contributed by atoms with Gasteiger partial charge in [0.25, 0.3) is 0 Å². The topological polar surface area (TPSA) is 33.1 Å². The number of nitrogens with zero attached hydrogens (tertiary/aromatic N) is 3. The summed E-state index contributed by atoms with van der Waals surface area (Å²) in [6, 6.07) is 8.29. The van der Waals surface area contributed by atoms with Gasteiger partial charge in [-0.1, -0.05) is 19.1 Å². The van der Waals surface area contributed by atoms with Crippen LogP contribution in [0, 0.1) is 0 Å². The van der Waals surface area contributed by atoms with E-state index < -0.39 is 0 Å². The van der Waals surface area contributed by atoms with Crippen molar-refractivity contribution in [2.24, 2.45) is 0 Å². The summed E-state index contributed by atoms with van der Waals surface area (Å²) in [5.74, 6) is 0. The summed E-state index contributed by atoms with van der Waals surface area (Å²) in [5, 5.41) is 3.43. The summed E-state index contributed by atoms with van der Waals surface area (Å²) < 4.78 is 2.23. The first-order chi connectivity index (χ1) is 9.31. The van der Waals surface area contributed by atoms with Gasteiger partial charge in [-0.3, -0.25) is 0 Å². The minimum atomic E-state index is 0.991. The second kappa shape index (κ2) is 7.26. The molecule has 2 rings (SSSR count). The van der Waals surface area contributed by atoms with Crippen LogP contribution in [0.15, 0.2) is 30.6 Å². The molecule has 4 heteroatoms. The molecule has 0 atom stereocenters.